The predicted molar refractivity (Wildman–Crippen MR) is 203 cm³/mol. The van der Waals surface area contributed by atoms with Crippen LogP contribution in [0.2, 0.25) is 5.02 Å². The van der Waals surface area contributed by atoms with Crippen molar-refractivity contribution in [3.05, 3.63) is 93.0 Å². The van der Waals surface area contributed by atoms with Gasteiger partial charge in [0.1, 0.15) is 46.8 Å². The zero-order chi connectivity index (χ0) is 42.6. The molecule has 0 fully saturated rings. The first-order chi connectivity index (χ1) is 27.9. The molecule has 3 N–H and O–H groups in total. The van der Waals surface area contributed by atoms with E-state index < -0.39 is 82.8 Å². The zero-order valence-corrected chi connectivity index (χ0v) is 32.5. The number of carbonyl (C=O) groups excluding carboxylic acids is 2. The van der Waals surface area contributed by atoms with Gasteiger partial charge in [-0.25, -0.2) is 22.5 Å². The Hall–Kier alpha value is -5.88. The van der Waals surface area contributed by atoms with Crippen LogP contribution in [0.15, 0.2) is 42.5 Å². The van der Waals surface area contributed by atoms with E-state index >= 15 is 8.78 Å². The van der Waals surface area contributed by atoms with E-state index in [9.17, 15) is 32.3 Å². The smallest absolute Gasteiger partial charge is 0.304 e. The maximum atomic E-state index is 15.6. The standard InChI is InChI=1S/C41H34ClF6N7O4/c1-40(2,58)13-11-23-5-6-24(25-8-10-28(42)33-36(25)54(3)53-39(33)51-30(56)12-14-59-4)34(49-23)29(17-20-15-21(43)18-22(44)16-20)50-31(57)19-55-37-32(35(52-55)38(45)46)26-7-9-27(26)41(37,47)48/h5-6,8,10,15-16,18,26-27,29,38,58H,12,14,17,19H2,1-4H3,(H,50,57)(H,51,53,56)/t26-,27+,29-/m0/s1. The molecule has 7 rings (SSSR count). The quantitative estimate of drug-likeness (QED) is 0.0938. The van der Waals surface area contributed by atoms with Gasteiger partial charge in [0.25, 0.3) is 6.43 Å². The van der Waals surface area contributed by atoms with Crippen LogP contribution in [-0.4, -0.2) is 60.8 Å². The van der Waals surface area contributed by atoms with E-state index in [2.05, 4.69) is 44.5 Å². The Morgan fingerprint density at radius 3 is 2.41 bits per heavy atom. The predicted octanol–water partition coefficient (Wildman–Crippen LogP) is 6.72. The van der Waals surface area contributed by atoms with E-state index in [-0.39, 0.29) is 47.2 Å². The number of amides is 2. The summed E-state index contributed by atoms with van der Waals surface area (Å²) < 4.78 is 95.6. The molecule has 0 unspecified atom stereocenters. The number of anilines is 1. The van der Waals surface area contributed by atoms with Gasteiger partial charge in [-0.2, -0.15) is 19.0 Å². The van der Waals surface area contributed by atoms with E-state index in [0.717, 1.165) is 12.1 Å². The van der Waals surface area contributed by atoms with Crippen LogP contribution in [0.3, 0.4) is 0 Å². The molecule has 5 aromatic rings. The Bertz CT molecular complexity index is 2630. The number of rotatable bonds is 12. The third kappa shape index (κ3) is 8.10. The number of fused-ring (bicyclic) bond motifs is 4. The van der Waals surface area contributed by atoms with Crippen molar-refractivity contribution < 1.29 is 45.8 Å². The number of nitrogens with zero attached hydrogens (tertiary/aromatic N) is 5. The molecule has 11 nitrogen and oxygen atoms in total. The molecule has 0 saturated heterocycles. The minimum atomic E-state index is -3.68. The Morgan fingerprint density at radius 2 is 1.76 bits per heavy atom. The summed E-state index contributed by atoms with van der Waals surface area (Å²) in [6, 6.07) is 7.71. The van der Waals surface area contributed by atoms with Crippen LogP contribution in [0.4, 0.5) is 32.2 Å². The van der Waals surface area contributed by atoms with Crippen molar-refractivity contribution in [2.75, 3.05) is 19.0 Å². The second-order valence-corrected chi connectivity index (χ2v) is 15.0. The molecule has 0 saturated carbocycles. The Kier molecular flexibility index (Phi) is 11.0. The van der Waals surface area contributed by atoms with Gasteiger partial charge < -0.3 is 20.5 Å². The molecule has 3 aromatic heterocycles. The largest absolute Gasteiger partial charge is 0.384 e. The molecular weight excluding hydrogens is 804 g/mol. The molecule has 18 heteroatoms. The average molecular weight is 838 g/mol. The lowest BCUT2D eigenvalue weighted by Crippen LogP contribution is -2.36. The number of ether oxygens (including phenoxy) is 1. The van der Waals surface area contributed by atoms with E-state index in [4.69, 9.17) is 21.3 Å². The molecule has 2 aliphatic rings. The summed E-state index contributed by atoms with van der Waals surface area (Å²) in [7, 11) is 3.05. The molecule has 0 bridgehead atoms. The van der Waals surface area contributed by atoms with Crippen molar-refractivity contribution in [2.24, 2.45) is 13.0 Å². The van der Waals surface area contributed by atoms with Crippen LogP contribution in [0.1, 0.15) is 72.6 Å². The van der Waals surface area contributed by atoms with Crippen LogP contribution in [0.25, 0.3) is 22.0 Å². The minimum absolute atomic E-state index is 0.0203. The molecule has 0 radical (unpaired) electrons. The normalized spacial score (nSPS) is 16.7. The van der Waals surface area contributed by atoms with Crippen molar-refractivity contribution in [3.8, 4) is 34.8 Å². The van der Waals surface area contributed by atoms with Crippen LogP contribution >= 0.6 is 11.6 Å². The van der Waals surface area contributed by atoms with Gasteiger partial charge in [-0.1, -0.05) is 35.4 Å². The van der Waals surface area contributed by atoms with Gasteiger partial charge in [-0.05, 0) is 62.1 Å². The van der Waals surface area contributed by atoms with Gasteiger partial charge in [0.05, 0.1) is 46.6 Å². The number of aromatic nitrogens is 5. The van der Waals surface area contributed by atoms with Gasteiger partial charge in [0.15, 0.2) is 5.82 Å². The lowest BCUT2D eigenvalue weighted by atomic mass is 9.84. The van der Waals surface area contributed by atoms with Crippen LogP contribution in [-0.2, 0) is 40.3 Å². The maximum Gasteiger partial charge on any atom is 0.304 e. The summed E-state index contributed by atoms with van der Waals surface area (Å²) in [5, 5.41) is 24.6. The SMILES string of the molecule is COCCC(=O)Nc1nn(C)c2c(-c3ccc(C#CC(C)(C)O)nc3[C@H](Cc3cc(F)cc(F)c3)NC(=O)Cn3nc(C(F)F)c4c3C(F)(F)[C@@H]3C#C[C@H]43)ccc(Cl)c12. The lowest BCUT2D eigenvalue weighted by molar-refractivity contribution is -0.123. The number of methoxy groups -OCH3 is 1. The molecule has 2 aromatic carbocycles. The minimum Gasteiger partial charge on any atom is -0.384 e. The molecule has 2 aliphatic carbocycles. The van der Waals surface area contributed by atoms with Gasteiger partial charge >= 0.3 is 5.92 Å². The van der Waals surface area contributed by atoms with Crippen molar-refractivity contribution in [3.63, 3.8) is 0 Å². The number of alkyl halides is 4. The molecule has 3 heterocycles. The molecule has 0 spiro atoms. The fourth-order valence-electron chi connectivity index (χ4n) is 7.25. The molecule has 3 atom stereocenters. The van der Waals surface area contributed by atoms with Gasteiger partial charge in [0, 0.05) is 36.9 Å². The highest BCUT2D eigenvalue weighted by molar-refractivity contribution is 6.37. The third-order valence-electron chi connectivity index (χ3n) is 9.73. The summed E-state index contributed by atoms with van der Waals surface area (Å²) >= 11 is 6.69. The topological polar surface area (TPSA) is 136 Å². The fourth-order valence-corrected chi connectivity index (χ4v) is 7.49. The molecule has 306 valence electrons. The van der Waals surface area contributed by atoms with Crippen molar-refractivity contribution in [2.45, 2.75) is 63.1 Å². The van der Waals surface area contributed by atoms with E-state index in [0.29, 0.717) is 32.8 Å². The molecular formula is C41H34ClF6N7O4. The number of nitrogens with one attached hydrogen (secondary N) is 2. The van der Waals surface area contributed by atoms with Crippen molar-refractivity contribution >= 4 is 40.1 Å². The highest BCUT2D eigenvalue weighted by Gasteiger charge is 2.60. The summed E-state index contributed by atoms with van der Waals surface area (Å²) in [5.74, 6) is 0.758. The number of aliphatic hydroxyl groups is 1. The first-order valence-corrected chi connectivity index (χ1v) is 18.5. The molecule has 59 heavy (non-hydrogen) atoms. The number of hydrogen-bond acceptors (Lipinski definition) is 7. The second-order valence-electron chi connectivity index (χ2n) is 14.6. The number of carbonyl (C=O) groups is 2. The van der Waals surface area contributed by atoms with Gasteiger partial charge in [-0.3, -0.25) is 19.0 Å². The summed E-state index contributed by atoms with van der Waals surface area (Å²) in [6.45, 7) is 2.08. The van der Waals surface area contributed by atoms with E-state index in [1.54, 1.807) is 25.2 Å². The fraction of sp³-hybridized carbons (Fsp3) is 0.341. The second kappa shape index (κ2) is 15.7. The zero-order valence-electron chi connectivity index (χ0n) is 31.7. The summed E-state index contributed by atoms with van der Waals surface area (Å²) in [4.78, 5) is 31.5. The van der Waals surface area contributed by atoms with Crippen LogP contribution in [0, 0.1) is 41.2 Å². The Balaban J connectivity index is 1.37. The van der Waals surface area contributed by atoms with Gasteiger partial charge in [-0.15, -0.1) is 0 Å². The van der Waals surface area contributed by atoms with Crippen molar-refractivity contribution in [1.82, 2.24) is 29.9 Å². The van der Waals surface area contributed by atoms with Crippen molar-refractivity contribution in [1.29, 1.82) is 0 Å². The van der Waals surface area contributed by atoms with Crippen LogP contribution in [0.5, 0.6) is 0 Å². The Labute approximate surface area is 338 Å². The van der Waals surface area contributed by atoms with Gasteiger partial charge in [0.2, 0.25) is 11.8 Å². The summed E-state index contributed by atoms with van der Waals surface area (Å²) in [6.07, 6.45) is -3.55. The maximum absolute atomic E-state index is 15.6. The number of pyridine rings is 1. The summed E-state index contributed by atoms with van der Waals surface area (Å²) in [5.41, 5.74) is -2.31. The van der Waals surface area contributed by atoms with E-state index in [1.807, 2.05) is 0 Å². The third-order valence-corrected chi connectivity index (χ3v) is 10.0. The average Bonchev–Trinajstić information content (AvgIpc) is 3.70. The molecule has 2 amide bonds. The first-order valence-electron chi connectivity index (χ1n) is 18.1. The number of benzene rings is 2. The molecule has 0 aliphatic heterocycles. The van der Waals surface area contributed by atoms with E-state index in [1.165, 1.54) is 31.7 Å². The van der Waals surface area contributed by atoms with Crippen LogP contribution < -0.4 is 10.6 Å². The Morgan fingerprint density at radius 1 is 1.05 bits per heavy atom. The first kappa shape index (κ1) is 41.3. The number of aryl methyl sites for hydroxylation is 1. The number of hydrogen-bond donors (Lipinski definition) is 3. The highest BCUT2D eigenvalue weighted by Crippen LogP contribution is 2.57. The monoisotopic (exact) mass is 837 g/mol. The lowest BCUT2D eigenvalue weighted by Gasteiger charge is -2.24. The highest BCUT2D eigenvalue weighted by atomic mass is 35.5. The number of halogens is 7.